The Morgan fingerprint density at radius 2 is 2.10 bits per heavy atom. The summed E-state index contributed by atoms with van der Waals surface area (Å²) in [4.78, 5) is 33.7. The normalized spacial score (nSPS) is 27.2. The maximum atomic E-state index is 12.8. The topological polar surface area (TPSA) is 89.4 Å². The Morgan fingerprint density at radius 1 is 1.34 bits per heavy atom. The van der Waals surface area contributed by atoms with Gasteiger partial charge in [-0.15, -0.1) is 0 Å². The van der Waals surface area contributed by atoms with E-state index in [1.165, 1.54) is 0 Å². The SMILES string of the molecule is CCOC(=O)c1ccc([C@]23CC(=CO)C(=O)[C@@H](C)[C@@H]2CCc2cncnc23)cc1. The number of carbonyl (C=O) groups is 2. The van der Waals surface area contributed by atoms with Gasteiger partial charge in [0.05, 0.1) is 24.1 Å². The molecular formula is C23H24N2O4. The van der Waals surface area contributed by atoms with Gasteiger partial charge in [-0.05, 0) is 55.4 Å². The highest BCUT2D eigenvalue weighted by atomic mass is 16.5. The molecule has 1 saturated carbocycles. The van der Waals surface area contributed by atoms with E-state index in [1.807, 2.05) is 25.3 Å². The van der Waals surface area contributed by atoms with Crippen LogP contribution in [-0.2, 0) is 21.4 Å². The van der Waals surface area contributed by atoms with Crippen LogP contribution in [0.15, 0.2) is 48.6 Å². The first-order valence-electron chi connectivity index (χ1n) is 9.97. The summed E-state index contributed by atoms with van der Waals surface area (Å²) in [5.41, 5.74) is 3.30. The molecule has 6 heteroatoms. The average molecular weight is 392 g/mol. The predicted octanol–water partition coefficient (Wildman–Crippen LogP) is 3.55. The first kappa shape index (κ1) is 19.3. The Hall–Kier alpha value is -3.02. The summed E-state index contributed by atoms with van der Waals surface area (Å²) in [6.45, 7) is 4.03. The van der Waals surface area contributed by atoms with Crippen molar-refractivity contribution in [1.82, 2.24) is 9.97 Å². The fourth-order valence-electron chi connectivity index (χ4n) is 5.11. The average Bonchev–Trinajstić information content (AvgIpc) is 2.76. The van der Waals surface area contributed by atoms with Crippen LogP contribution in [0.5, 0.6) is 0 Å². The van der Waals surface area contributed by atoms with Gasteiger partial charge in [-0.1, -0.05) is 19.1 Å². The Bertz CT molecular complexity index is 983. The van der Waals surface area contributed by atoms with Gasteiger partial charge in [0.1, 0.15) is 6.33 Å². The van der Waals surface area contributed by atoms with Gasteiger partial charge >= 0.3 is 5.97 Å². The van der Waals surface area contributed by atoms with Crippen LogP contribution in [0, 0.1) is 11.8 Å². The molecule has 0 aliphatic heterocycles. The van der Waals surface area contributed by atoms with Gasteiger partial charge in [-0.25, -0.2) is 14.8 Å². The molecule has 2 aromatic rings. The number of hydrogen-bond donors (Lipinski definition) is 1. The number of nitrogens with zero attached hydrogens (tertiary/aromatic N) is 2. The van der Waals surface area contributed by atoms with Crippen molar-refractivity contribution in [2.45, 2.75) is 38.5 Å². The molecule has 0 amide bonds. The van der Waals surface area contributed by atoms with Crippen molar-refractivity contribution >= 4 is 11.8 Å². The number of hydrogen-bond acceptors (Lipinski definition) is 6. The second kappa shape index (κ2) is 7.43. The monoisotopic (exact) mass is 392 g/mol. The van der Waals surface area contributed by atoms with Crippen LogP contribution in [0.1, 0.15) is 53.9 Å². The van der Waals surface area contributed by atoms with E-state index in [-0.39, 0.29) is 23.6 Å². The van der Waals surface area contributed by atoms with E-state index < -0.39 is 5.41 Å². The summed E-state index contributed by atoms with van der Waals surface area (Å²) in [5, 5.41) is 9.78. The molecule has 0 bridgehead atoms. The summed E-state index contributed by atoms with van der Waals surface area (Å²) >= 11 is 0. The number of allylic oxidation sites excluding steroid dienone is 1. The van der Waals surface area contributed by atoms with Crippen LogP contribution >= 0.6 is 0 Å². The zero-order valence-electron chi connectivity index (χ0n) is 16.6. The third-order valence-corrected chi connectivity index (χ3v) is 6.44. The lowest BCUT2D eigenvalue weighted by atomic mass is 9.52. The molecule has 1 fully saturated rings. The number of esters is 1. The number of carbonyl (C=O) groups excluding carboxylic acids is 2. The molecule has 1 heterocycles. The number of aliphatic hydroxyl groups excluding tert-OH is 1. The summed E-state index contributed by atoms with van der Waals surface area (Å²) in [6.07, 6.45) is 6.36. The van der Waals surface area contributed by atoms with Gasteiger partial charge in [0, 0.05) is 23.1 Å². The highest BCUT2D eigenvalue weighted by Crippen LogP contribution is 2.55. The van der Waals surface area contributed by atoms with Crippen molar-refractivity contribution < 1.29 is 19.4 Å². The number of fused-ring (bicyclic) bond motifs is 3. The number of Topliss-reactive ketones (excluding diaryl/α,β-unsaturated/α-hetero) is 1. The first-order valence-corrected chi connectivity index (χ1v) is 9.97. The molecule has 0 saturated heterocycles. The van der Waals surface area contributed by atoms with Crippen molar-refractivity contribution in [1.29, 1.82) is 0 Å². The fraction of sp³-hybridized carbons (Fsp3) is 0.391. The lowest BCUT2D eigenvalue weighted by molar-refractivity contribution is -0.123. The Balaban J connectivity index is 1.89. The van der Waals surface area contributed by atoms with Crippen LogP contribution < -0.4 is 0 Å². The maximum absolute atomic E-state index is 12.8. The molecule has 6 nitrogen and oxygen atoms in total. The predicted molar refractivity (Wildman–Crippen MR) is 107 cm³/mol. The molecule has 150 valence electrons. The molecular weight excluding hydrogens is 368 g/mol. The Morgan fingerprint density at radius 3 is 2.79 bits per heavy atom. The number of aliphatic hydroxyl groups is 1. The summed E-state index contributed by atoms with van der Waals surface area (Å²) in [6, 6.07) is 7.37. The van der Waals surface area contributed by atoms with Crippen molar-refractivity contribution in [2.75, 3.05) is 6.61 Å². The Kier molecular flexibility index (Phi) is 4.94. The third kappa shape index (κ3) is 2.94. The number of ether oxygens (including phenoxy) is 1. The molecule has 1 aromatic heterocycles. The molecule has 29 heavy (non-hydrogen) atoms. The van der Waals surface area contributed by atoms with Gasteiger partial charge in [-0.2, -0.15) is 0 Å². The van der Waals surface area contributed by atoms with Gasteiger partial charge < -0.3 is 9.84 Å². The summed E-state index contributed by atoms with van der Waals surface area (Å²) < 4.78 is 5.09. The lowest BCUT2D eigenvalue weighted by Crippen LogP contribution is -2.50. The Labute approximate surface area is 169 Å². The van der Waals surface area contributed by atoms with Crippen molar-refractivity contribution in [3.05, 3.63) is 71.0 Å². The number of aromatic nitrogens is 2. The molecule has 1 N–H and O–H groups in total. The quantitative estimate of drug-likeness (QED) is 0.488. The fourth-order valence-corrected chi connectivity index (χ4v) is 5.11. The van der Waals surface area contributed by atoms with Crippen molar-refractivity contribution in [2.24, 2.45) is 11.8 Å². The van der Waals surface area contributed by atoms with Gasteiger partial charge in [-0.3, -0.25) is 4.79 Å². The molecule has 3 atom stereocenters. The van der Waals surface area contributed by atoms with Gasteiger partial charge in [0.25, 0.3) is 0 Å². The van der Waals surface area contributed by atoms with E-state index >= 15 is 0 Å². The second-order valence-electron chi connectivity index (χ2n) is 7.79. The molecule has 0 radical (unpaired) electrons. The third-order valence-electron chi connectivity index (χ3n) is 6.44. The van der Waals surface area contributed by atoms with E-state index in [1.54, 1.807) is 25.4 Å². The largest absolute Gasteiger partial charge is 0.515 e. The number of rotatable bonds is 3. The molecule has 4 rings (SSSR count). The van der Waals surface area contributed by atoms with Crippen LogP contribution in [0.2, 0.25) is 0 Å². The van der Waals surface area contributed by atoms with E-state index in [9.17, 15) is 14.7 Å². The van der Waals surface area contributed by atoms with Crippen molar-refractivity contribution in [3.63, 3.8) is 0 Å². The lowest BCUT2D eigenvalue weighted by Gasteiger charge is -2.50. The minimum absolute atomic E-state index is 0.00576. The smallest absolute Gasteiger partial charge is 0.338 e. The number of ketones is 1. The van der Waals surface area contributed by atoms with Crippen LogP contribution in [0.3, 0.4) is 0 Å². The summed E-state index contributed by atoms with van der Waals surface area (Å²) in [7, 11) is 0. The summed E-state index contributed by atoms with van der Waals surface area (Å²) in [5.74, 6) is -0.555. The van der Waals surface area contributed by atoms with Gasteiger partial charge in [0.15, 0.2) is 5.78 Å². The maximum Gasteiger partial charge on any atom is 0.338 e. The molecule has 2 aliphatic carbocycles. The first-order chi connectivity index (χ1) is 14.0. The zero-order chi connectivity index (χ0) is 20.6. The van der Waals surface area contributed by atoms with Gasteiger partial charge in [0.2, 0.25) is 0 Å². The molecule has 0 spiro atoms. The molecule has 2 aliphatic rings. The van der Waals surface area contributed by atoms with E-state index in [4.69, 9.17) is 4.74 Å². The van der Waals surface area contributed by atoms with E-state index in [0.717, 1.165) is 35.9 Å². The number of aryl methyl sites for hydroxylation is 1. The second-order valence-corrected chi connectivity index (χ2v) is 7.79. The minimum atomic E-state index is -0.550. The van der Waals surface area contributed by atoms with E-state index in [0.29, 0.717) is 24.2 Å². The van der Waals surface area contributed by atoms with Crippen LogP contribution in [0.4, 0.5) is 0 Å². The highest BCUT2D eigenvalue weighted by molar-refractivity contribution is 5.98. The highest BCUT2D eigenvalue weighted by Gasteiger charge is 2.54. The minimum Gasteiger partial charge on any atom is -0.515 e. The van der Waals surface area contributed by atoms with Crippen LogP contribution in [0.25, 0.3) is 0 Å². The standard InChI is InChI=1S/C23H24N2O4/c1-3-29-22(28)15-4-7-18(8-5-15)23-10-17(12-26)20(27)14(2)19(23)9-6-16-11-24-13-25-21(16)23/h4-5,7-8,11-14,19,26H,3,6,9-10H2,1-2H3/t14-,19-,23+/m0/s1. The molecule has 0 unspecified atom stereocenters. The molecule has 1 aromatic carbocycles. The number of benzene rings is 1. The van der Waals surface area contributed by atoms with Crippen LogP contribution in [-0.4, -0.2) is 33.4 Å². The zero-order valence-corrected chi connectivity index (χ0v) is 16.6. The van der Waals surface area contributed by atoms with Crippen molar-refractivity contribution in [3.8, 4) is 0 Å². The van der Waals surface area contributed by atoms with E-state index in [2.05, 4.69) is 9.97 Å².